The maximum absolute atomic E-state index is 14.2. The van der Waals surface area contributed by atoms with Crippen LogP contribution in [0.4, 0.5) is 0 Å². The van der Waals surface area contributed by atoms with Crippen molar-refractivity contribution < 1.29 is 43.5 Å². The lowest BCUT2D eigenvalue weighted by Crippen LogP contribution is -2.61. The van der Waals surface area contributed by atoms with Crippen LogP contribution in [0.1, 0.15) is 92.2 Å². The summed E-state index contributed by atoms with van der Waals surface area (Å²) in [6.07, 6.45) is 3.44. The minimum Gasteiger partial charge on any atom is -0.394 e. The van der Waals surface area contributed by atoms with Gasteiger partial charge in [0.15, 0.2) is 11.9 Å². The number of aromatic amines is 1. The molecule has 25 heteroatoms. The second-order valence-corrected chi connectivity index (χ2v) is 17.1. The van der Waals surface area contributed by atoms with Crippen molar-refractivity contribution >= 4 is 59.2 Å². The van der Waals surface area contributed by atoms with Crippen molar-refractivity contribution in [2.45, 2.75) is 135 Å². The van der Waals surface area contributed by atoms with Gasteiger partial charge in [-0.15, -0.1) is 0 Å². The Hall–Kier alpha value is -6.53. The van der Waals surface area contributed by atoms with Gasteiger partial charge >= 0.3 is 0 Å². The Kier molecular flexibility index (Phi) is 23.9. The molecule has 2 rings (SSSR count). The van der Waals surface area contributed by atoms with Crippen LogP contribution in [0.3, 0.4) is 0 Å². The number of aliphatic hydroxyl groups is 1. The molecule has 1 fully saturated rings. The van der Waals surface area contributed by atoms with Crippen molar-refractivity contribution in [1.29, 1.82) is 0 Å². The number of hydrogen-bond donors (Lipinski definition) is 14. The van der Waals surface area contributed by atoms with Crippen LogP contribution in [-0.4, -0.2) is 143 Å². The summed E-state index contributed by atoms with van der Waals surface area (Å²) in [5, 5.41) is 31.2. The highest BCUT2D eigenvalue weighted by atomic mass is 16.3. The predicted octanol–water partition coefficient (Wildman–Crippen LogP) is -4.29. The van der Waals surface area contributed by atoms with E-state index in [2.05, 4.69) is 62.5 Å². The summed E-state index contributed by atoms with van der Waals surface area (Å²) < 4.78 is 0. The Bertz CT molecular complexity index is 1830. The molecule has 0 radical (unpaired) electrons. The molecule has 370 valence electrons. The van der Waals surface area contributed by atoms with Crippen molar-refractivity contribution in [2.75, 3.05) is 26.2 Å². The highest BCUT2D eigenvalue weighted by molar-refractivity contribution is 5.98. The van der Waals surface area contributed by atoms with Crippen molar-refractivity contribution in [3.05, 3.63) is 18.2 Å². The summed E-state index contributed by atoms with van der Waals surface area (Å²) in [7, 11) is 0. The number of hydrogen-bond acceptors (Lipinski definition) is 12. The van der Waals surface area contributed by atoms with E-state index in [4.69, 9.17) is 22.9 Å². The van der Waals surface area contributed by atoms with Gasteiger partial charge in [0.25, 0.3) is 0 Å². The number of nitrogens with two attached hydrogens (primary N) is 4. The molecule has 0 bridgehead atoms. The van der Waals surface area contributed by atoms with E-state index in [-0.39, 0.29) is 81.8 Å². The number of carbonyl (C=O) groups is 8. The first kappa shape index (κ1) is 55.6. The third-order valence-electron chi connectivity index (χ3n) is 10.5. The van der Waals surface area contributed by atoms with E-state index in [1.165, 1.54) is 12.5 Å². The Balaban J connectivity index is 2.74. The summed E-state index contributed by atoms with van der Waals surface area (Å²) in [6, 6.07) is -9.36. The topological polar surface area (TPSA) is 411 Å². The first-order chi connectivity index (χ1) is 31.1. The summed E-state index contributed by atoms with van der Waals surface area (Å²) in [5.41, 5.74) is 22.4. The molecule has 0 aliphatic carbocycles. The number of nitrogens with one attached hydrogen (secondary N) is 9. The quantitative estimate of drug-likeness (QED) is 0.0400. The lowest BCUT2D eigenvalue weighted by atomic mass is 9.97. The van der Waals surface area contributed by atoms with Gasteiger partial charge in [-0.2, -0.15) is 0 Å². The van der Waals surface area contributed by atoms with E-state index >= 15 is 0 Å². The molecular weight excluding hydrogens is 861 g/mol. The molecule has 1 aromatic heterocycles. The molecule has 25 nitrogen and oxygen atoms in total. The fourth-order valence-corrected chi connectivity index (χ4v) is 6.81. The minimum absolute atomic E-state index is 0.0376. The SMILES string of the molecule is CC[C@H](C)[C@@H]1NC(=O)[C@H](CO)NC(=O)[C@H](Cc2cnc[nH]2)NC(=O)[C@@H](CCCN=C(N)N)NC(=O)[C@H](CCCN=C(N)N)NC(=O)[C@H](CC(C)C)NC(=O)[C@H](CC(C)C)NC(=O)CNC1=O. The fourth-order valence-electron chi connectivity index (χ4n) is 6.81. The number of imidazole rings is 1. The maximum atomic E-state index is 14.2. The zero-order chi connectivity index (χ0) is 49.5. The van der Waals surface area contributed by atoms with Crippen LogP contribution < -0.4 is 65.5 Å². The number of carbonyl (C=O) groups excluding carboxylic acids is 8. The van der Waals surface area contributed by atoms with Gasteiger partial charge in [0, 0.05) is 31.4 Å². The van der Waals surface area contributed by atoms with Crippen LogP contribution in [0, 0.1) is 17.8 Å². The van der Waals surface area contributed by atoms with Crippen LogP contribution in [0.5, 0.6) is 0 Å². The summed E-state index contributed by atoms with van der Waals surface area (Å²) >= 11 is 0. The van der Waals surface area contributed by atoms with Crippen molar-refractivity contribution in [1.82, 2.24) is 52.5 Å². The van der Waals surface area contributed by atoms with Gasteiger partial charge in [0.05, 0.1) is 19.5 Å². The molecule has 0 aromatic carbocycles. The van der Waals surface area contributed by atoms with E-state index in [0.717, 1.165) is 0 Å². The monoisotopic (exact) mass is 933 g/mol. The molecule has 1 saturated heterocycles. The Morgan fingerprint density at radius 3 is 1.53 bits per heavy atom. The van der Waals surface area contributed by atoms with Gasteiger partial charge in [-0.3, -0.25) is 48.3 Å². The van der Waals surface area contributed by atoms with Crippen molar-refractivity contribution in [3.63, 3.8) is 0 Å². The zero-order valence-corrected chi connectivity index (χ0v) is 38.8. The molecule has 0 unspecified atom stereocenters. The molecule has 1 aliphatic rings. The molecule has 66 heavy (non-hydrogen) atoms. The number of aliphatic hydroxyl groups excluding tert-OH is 1. The Morgan fingerprint density at radius 2 is 1.08 bits per heavy atom. The predicted molar refractivity (Wildman–Crippen MR) is 244 cm³/mol. The number of aromatic nitrogens is 2. The highest BCUT2D eigenvalue weighted by Crippen LogP contribution is 2.13. The third-order valence-corrected chi connectivity index (χ3v) is 10.5. The molecule has 8 atom stereocenters. The second-order valence-electron chi connectivity index (χ2n) is 17.1. The van der Waals surface area contributed by atoms with E-state index in [1.807, 2.05) is 27.7 Å². The van der Waals surface area contributed by atoms with Crippen LogP contribution in [0.2, 0.25) is 0 Å². The summed E-state index contributed by atoms with van der Waals surface area (Å²) in [6.45, 7) is 9.35. The van der Waals surface area contributed by atoms with Gasteiger partial charge in [0.2, 0.25) is 47.3 Å². The van der Waals surface area contributed by atoms with Gasteiger partial charge < -0.3 is 75.6 Å². The molecule has 1 aliphatic heterocycles. The summed E-state index contributed by atoms with van der Waals surface area (Å²) in [5.74, 6) is -7.64. The number of H-pyrrole nitrogens is 1. The smallest absolute Gasteiger partial charge is 0.245 e. The molecule has 1 aromatic rings. The first-order valence-electron chi connectivity index (χ1n) is 22.2. The van der Waals surface area contributed by atoms with Crippen LogP contribution >= 0.6 is 0 Å². The minimum atomic E-state index is -1.62. The second kappa shape index (κ2) is 28.4. The molecule has 0 spiro atoms. The highest BCUT2D eigenvalue weighted by Gasteiger charge is 2.35. The molecular formula is C41H72N16O9. The largest absolute Gasteiger partial charge is 0.394 e. The first-order valence-corrected chi connectivity index (χ1v) is 22.2. The number of rotatable bonds is 17. The van der Waals surface area contributed by atoms with Crippen LogP contribution in [0.15, 0.2) is 22.5 Å². The van der Waals surface area contributed by atoms with Gasteiger partial charge in [-0.25, -0.2) is 4.98 Å². The lowest BCUT2D eigenvalue weighted by Gasteiger charge is -2.29. The zero-order valence-electron chi connectivity index (χ0n) is 38.8. The van der Waals surface area contributed by atoms with Gasteiger partial charge in [-0.05, 0) is 56.3 Å². The van der Waals surface area contributed by atoms with Gasteiger partial charge in [0.1, 0.15) is 42.3 Å². The van der Waals surface area contributed by atoms with Crippen LogP contribution in [-0.2, 0) is 44.8 Å². The van der Waals surface area contributed by atoms with E-state index < -0.39 is 109 Å². The molecule has 8 amide bonds. The van der Waals surface area contributed by atoms with E-state index in [9.17, 15) is 43.5 Å². The lowest BCUT2D eigenvalue weighted by molar-refractivity contribution is -0.137. The van der Waals surface area contributed by atoms with E-state index in [1.54, 1.807) is 13.8 Å². The Labute approximate surface area is 384 Å². The normalized spacial score (nSPS) is 24.0. The average Bonchev–Trinajstić information content (AvgIpc) is 3.76. The fraction of sp³-hybridized carbons (Fsp3) is 0.683. The van der Waals surface area contributed by atoms with E-state index in [0.29, 0.717) is 12.1 Å². The van der Waals surface area contributed by atoms with Crippen molar-refractivity contribution in [2.24, 2.45) is 50.7 Å². The van der Waals surface area contributed by atoms with Crippen LogP contribution in [0.25, 0.3) is 0 Å². The number of nitrogens with zero attached hydrogens (tertiary/aromatic N) is 3. The standard InChI is InChI=1S/C41H72N16O9/c1-7-23(6)32-39(66)49-18-31(59)51-27(14-21(2)3)35(62)54-28(15-22(4)5)36(63)53-25(10-8-12-47-40(42)43)33(60)52-26(11-9-13-48-41(44)45)34(61)55-29(16-24-17-46-20-50-24)37(64)56-30(19-58)38(65)57-32/h17,20-23,25-30,32,58H,7-16,18-19H2,1-6H3,(H,46,50)(H,49,66)(H,51,59)(H,52,60)(H,53,63)(H,54,62)(H,55,61)(H,56,64)(H,57,65)(H4,42,43,47)(H4,44,45,48)/t23-,25-,26+,27-,28-,29-,30-,32-/m0/s1. The Morgan fingerprint density at radius 1 is 0.636 bits per heavy atom. The number of aliphatic imine (C=N–C) groups is 2. The maximum Gasteiger partial charge on any atom is 0.245 e. The average molecular weight is 933 g/mol. The third kappa shape index (κ3) is 20.1. The number of guanidine groups is 2. The number of amides is 8. The molecule has 0 saturated carbocycles. The van der Waals surface area contributed by atoms with Gasteiger partial charge in [-0.1, -0.05) is 48.0 Å². The molecule has 18 N–H and O–H groups in total. The van der Waals surface area contributed by atoms with Crippen molar-refractivity contribution in [3.8, 4) is 0 Å². The molecule has 2 heterocycles. The summed E-state index contributed by atoms with van der Waals surface area (Å²) in [4.78, 5) is 126.